The van der Waals surface area contributed by atoms with Crippen molar-refractivity contribution < 1.29 is 22.7 Å². The molecular formula is C12H13F3N2O2. The molecule has 1 heterocycles. The smallest absolute Gasteiger partial charge is 0.253 e. The van der Waals surface area contributed by atoms with Crippen LogP contribution in [-0.2, 0) is 9.53 Å². The Kier molecular flexibility index (Phi) is 4.06. The van der Waals surface area contributed by atoms with Gasteiger partial charge in [0.1, 0.15) is 17.6 Å². The van der Waals surface area contributed by atoms with Gasteiger partial charge in [-0.15, -0.1) is 0 Å². The molecule has 1 saturated heterocycles. The van der Waals surface area contributed by atoms with E-state index < -0.39 is 35.2 Å². The molecule has 0 radical (unpaired) electrons. The van der Waals surface area contributed by atoms with Gasteiger partial charge in [0.2, 0.25) is 0 Å². The summed E-state index contributed by atoms with van der Waals surface area (Å²) in [7, 11) is 0. The maximum absolute atomic E-state index is 13.3. The number of ether oxygens (including phenoxy) is 1. The highest BCUT2D eigenvalue weighted by Gasteiger charge is 2.30. The average molecular weight is 274 g/mol. The van der Waals surface area contributed by atoms with Gasteiger partial charge in [0, 0.05) is 18.7 Å². The van der Waals surface area contributed by atoms with Crippen molar-refractivity contribution in [3.05, 3.63) is 29.6 Å². The first-order valence-electron chi connectivity index (χ1n) is 5.82. The van der Waals surface area contributed by atoms with Crippen LogP contribution in [0.25, 0.3) is 0 Å². The molecule has 0 aliphatic carbocycles. The van der Waals surface area contributed by atoms with Crippen molar-refractivity contribution in [2.24, 2.45) is 5.73 Å². The van der Waals surface area contributed by atoms with Crippen LogP contribution in [-0.4, -0.2) is 24.7 Å². The fourth-order valence-corrected chi connectivity index (χ4v) is 1.94. The number of benzene rings is 1. The molecule has 2 atom stereocenters. The second-order valence-corrected chi connectivity index (χ2v) is 4.29. The first-order valence-corrected chi connectivity index (χ1v) is 5.82. The van der Waals surface area contributed by atoms with Gasteiger partial charge in [0.05, 0.1) is 6.10 Å². The van der Waals surface area contributed by atoms with Gasteiger partial charge in [0.15, 0.2) is 11.6 Å². The standard InChI is InChI=1S/C12H13F3N2O2/c13-6-3-8(14)11(9(15)4-6)17-12(18)10-2-1-7(5-16)19-10/h3-4,7,10H,1-2,5,16H2,(H,17,18). The first kappa shape index (κ1) is 13.8. The molecule has 1 amide bonds. The number of rotatable bonds is 3. The van der Waals surface area contributed by atoms with E-state index >= 15 is 0 Å². The van der Waals surface area contributed by atoms with E-state index in [1.807, 2.05) is 0 Å². The molecule has 1 fully saturated rings. The van der Waals surface area contributed by atoms with Crippen molar-refractivity contribution in [3.63, 3.8) is 0 Å². The quantitative estimate of drug-likeness (QED) is 0.879. The maximum atomic E-state index is 13.3. The highest BCUT2D eigenvalue weighted by molar-refractivity contribution is 5.94. The Morgan fingerprint density at radius 1 is 1.32 bits per heavy atom. The number of halogens is 3. The number of anilines is 1. The number of nitrogens with two attached hydrogens (primary N) is 1. The summed E-state index contributed by atoms with van der Waals surface area (Å²) < 4.78 is 44.7. The fourth-order valence-electron chi connectivity index (χ4n) is 1.94. The third-order valence-corrected chi connectivity index (χ3v) is 2.92. The molecule has 1 aliphatic heterocycles. The van der Waals surface area contributed by atoms with Crippen molar-refractivity contribution in [3.8, 4) is 0 Å². The van der Waals surface area contributed by atoms with Crippen molar-refractivity contribution in [2.45, 2.75) is 25.0 Å². The molecule has 2 rings (SSSR count). The highest BCUT2D eigenvalue weighted by atomic mass is 19.1. The maximum Gasteiger partial charge on any atom is 0.253 e. The van der Waals surface area contributed by atoms with E-state index in [4.69, 9.17) is 10.5 Å². The Bertz CT molecular complexity index is 473. The lowest BCUT2D eigenvalue weighted by Crippen LogP contribution is -2.30. The molecule has 3 N–H and O–H groups in total. The summed E-state index contributed by atoms with van der Waals surface area (Å²) in [6, 6.07) is 0.994. The lowest BCUT2D eigenvalue weighted by molar-refractivity contribution is -0.126. The molecule has 1 aliphatic rings. The molecule has 0 bridgehead atoms. The van der Waals surface area contributed by atoms with Gasteiger partial charge < -0.3 is 15.8 Å². The molecule has 0 spiro atoms. The van der Waals surface area contributed by atoms with Crippen LogP contribution in [0, 0.1) is 17.5 Å². The van der Waals surface area contributed by atoms with Gasteiger partial charge in [-0.05, 0) is 12.8 Å². The summed E-state index contributed by atoms with van der Waals surface area (Å²) in [5.41, 5.74) is 4.72. The number of carbonyl (C=O) groups is 1. The molecule has 7 heteroatoms. The summed E-state index contributed by atoms with van der Waals surface area (Å²) in [5.74, 6) is -4.05. The van der Waals surface area contributed by atoms with Crippen molar-refractivity contribution >= 4 is 11.6 Å². The Hall–Kier alpha value is -1.60. The second kappa shape index (κ2) is 5.58. The predicted molar refractivity (Wildman–Crippen MR) is 61.9 cm³/mol. The van der Waals surface area contributed by atoms with E-state index in [0.29, 0.717) is 25.0 Å². The summed E-state index contributed by atoms with van der Waals surface area (Å²) in [5, 5.41) is 2.07. The van der Waals surface area contributed by atoms with E-state index in [1.165, 1.54) is 0 Å². The molecule has 19 heavy (non-hydrogen) atoms. The molecule has 4 nitrogen and oxygen atoms in total. The van der Waals surface area contributed by atoms with Crippen LogP contribution < -0.4 is 11.1 Å². The van der Waals surface area contributed by atoms with Gasteiger partial charge in [-0.3, -0.25) is 4.79 Å². The molecule has 1 aromatic rings. The minimum atomic E-state index is -1.17. The normalized spacial score (nSPS) is 22.5. The lowest BCUT2D eigenvalue weighted by Gasteiger charge is -2.13. The van der Waals surface area contributed by atoms with Crippen LogP contribution >= 0.6 is 0 Å². The Labute approximate surface area is 107 Å². The molecule has 0 aromatic heterocycles. The van der Waals surface area contributed by atoms with Crippen LogP contribution in [0.1, 0.15) is 12.8 Å². The van der Waals surface area contributed by atoms with E-state index in [2.05, 4.69) is 5.32 Å². The van der Waals surface area contributed by atoms with Crippen LogP contribution in [0.3, 0.4) is 0 Å². The summed E-state index contributed by atoms with van der Waals surface area (Å²) in [6.45, 7) is 0.281. The summed E-state index contributed by atoms with van der Waals surface area (Å²) in [4.78, 5) is 11.8. The summed E-state index contributed by atoms with van der Waals surface area (Å²) >= 11 is 0. The fraction of sp³-hybridized carbons (Fsp3) is 0.417. The number of hydrogen-bond donors (Lipinski definition) is 2. The zero-order valence-corrected chi connectivity index (χ0v) is 9.96. The van der Waals surface area contributed by atoms with Crippen molar-refractivity contribution in [2.75, 3.05) is 11.9 Å². The third kappa shape index (κ3) is 3.05. The first-order chi connectivity index (χ1) is 9.01. The molecule has 104 valence electrons. The van der Waals surface area contributed by atoms with Gasteiger partial charge in [0.25, 0.3) is 5.91 Å². The Balaban J connectivity index is 2.08. The highest BCUT2D eigenvalue weighted by Crippen LogP contribution is 2.23. The molecule has 2 unspecified atom stereocenters. The van der Waals surface area contributed by atoms with E-state index in [-0.39, 0.29) is 12.6 Å². The predicted octanol–water partition coefficient (Wildman–Crippen LogP) is 1.55. The summed E-state index contributed by atoms with van der Waals surface area (Å²) in [6.07, 6.45) is 0.0252. The Morgan fingerprint density at radius 3 is 2.47 bits per heavy atom. The monoisotopic (exact) mass is 274 g/mol. The van der Waals surface area contributed by atoms with Crippen molar-refractivity contribution in [1.82, 2.24) is 0 Å². The largest absolute Gasteiger partial charge is 0.364 e. The minimum Gasteiger partial charge on any atom is -0.364 e. The second-order valence-electron chi connectivity index (χ2n) is 4.29. The molecule has 1 aromatic carbocycles. The zero-order chi connectivity index (χ0) is 14.0. The minimum absolute atomic E-state index is 0.223. The number of carbonyl (C=O) groups excluding carboxylic acids is 1. The van der Waals surface area contributed by atoms with Crippen LogP contribution in [0.4, 0.5) is 18.9 Å². The van der Waals surface area contributed by atoms with Crippen molar-refractivity contribution in [1.29, 1.82) is 0 Å². The van der Waals surface area contributed by atoms with Gasteiger partial charge in [-0.25, -0.2) is 13.2 Å². The van der Waals surface area contributed by atoms with Gasteiger partial charge in [-0.1, -0.05) is 0 Å². The van der Waals surface area contributed by atoms with Crippen LogP contribution in [0.15, 0.2) is 12.1 Å². The molecular weight excluding hydrogens is 261 g/mol. The van der Waals surface area contributed by atoms with E-state index in [0.717, 1.165) is 0 Å². The third-order valence-electron chi connectivity index (χ3n) is 2.92. The van der Waals surface area contributed by atoms with Gasteiger partial charge >= 0.3 is 0 Å². The zero-order valence-electron chi connectivity index (χ0n) is 9.96. The average Bonchev–Trinajstić information content (AvgIpc) is 2.82. The Morgan fingerprint density at radius 2 is 1.95 bits per heavy atom. The lowest BCUT2D eigenvalue weighted by atomic mass is 10.2. The SMILES string of the molecule is NCC1CCC(C(=O)Nc2c(F)cc(F)cc2F)O1. The topological polar surface area (TPSA) is 64.4 Å². The van der Waals surface area contributed by atoms with E-state index in [1.54, 1.807) is 0 Å². The van der Waals surface area contributed by atoms with Gasteiger partial charge in [-0.2, -0.15) is 0 Å². The molecule has 0 saturated carbocycles. The van der Waals surface area contributed by atoms with Crippen LogP contribution in [0.5, 0.6) is 0 Å². The van der Waals surface area contributed by atoms with Crippen LogP contribution in [0.2, 0.25) is 0 Å². The number of amides is 1. The van der Waals surface area contributed by atoms with E-state index in [9.17, 15) is 18.0 Å². The number of nitrogens with one attached hydrogen (secondary N) is 1. The number of hydrogen-bond acceptors (Lipinski definition) is 3.